The first-order chi connectivity index (χ1) is 8.99. The Morgan fingerprint density at radius 2 is 2.21 bits per heavy atom. The van der Waals surface area contributed by atoms with Gasteiger partial charge in [-0.1, -0.05) is 31.5 Å². The summed E-state index contributed by atoms with van der Waals surface area (Å²) < 4.78 is 0.953. The Bertz CT molecular complexity index is 436. The second kappa shape index (κ2) is 6.57. The number of hydrogen-bond acceptors (Lipinski definition) is 2. The van der Waals surface area contributed by atoms with Crippen LogP contribution in [0.2, 0.25) is 5.02 Å². The van der Waals surface area contributed by atoms with Gasteiger partial charge in [-0.15, -0.1) is 0 Å². The van der Waals surface area contributed by atoms with E-state index >= 15 is 0 Å². The highest BCUT2D eigenvalue weighted by atomic mass is 79.9. The monoisotopic (exact) mass is 344 g/mol. The normalized spacial score (nSPS) is 24.9. The lowest BCUT2D eigenvalue weighted by Crippen LogP contribution is -2.47. The lowest BCUT2D eigenvalue weighted by molar-refractivity contribution is 0.114. The van der Waals surface area contributed by atoms with Crippen molar-refractivity contribution in [2.75, 3.05) is 13.1 Å². The number of piperidine rings is 1. The van der Waals surface area contributed by atoms with Crippen LogP contribution in [-0.4, -0.2) is 24.0 Å². The Morgan fingerprint density at radius 1 is 1.47 bits per heavy atom. The van der Waals surface area contributed by atoms with Crippen LogP contribution in [0.15, 0.2) is 22.7 Å². The van der Waals surface area contributed by atoms with Crippen molar-refractivity contribution in [2.45, 2.75) is 38.8 Å². The fraction of sp³-hybridized carbons (Fsp3) is 0.600. The average molecular weight is 346 g/mol. The number of benzene rings is 1. The summed E-state index contributed by atoms with van der Waals surface area (Å²) in [6.07, 6.45) is 2.29. The Morgan fingerprint density at radius 3 is 2.84 bits per heavy atom. The average Bonchev–Trinajstić information content (AvgIpc) is 2.32. The lowest BCUT2D eigenvalue weighted by Gasteiger charge is -2.41. The maximum atomic E-state index is 6.38. The minimum atomic E-state index is 0.209. The number of hydrogen-bond donors (Lipinski definition) is 1. The van der Waals surface area contributed by atoms with Crippen molar-refractivity contribution in [3.8, 4) is 0 Å². The van der Waals surface area contributed by atoms with Crippen LogP contribution >= 0.6 is 27.5 Å². The molecule has 0 amide bonds. The molecule has 2 rings (SSSR count). The molecule has 0 aromatic heterocycles. The Kier molecular flexibility index (Phi) is 5.29. The van der Waals surface area contributed by atoms with E-state index in [4.69, 9.17) is 17.3 Å². The second-order valence-corrected chi connectivity index (χ2v) is 7.07. The van der Waals surface area contributed by atoms with Crippen molar-refractivity contribution in [2.24, 2.45) is 11.7 Å². The number of nitrogens with zero attached hydrogens (tertiary/aromatic N) is 1. The minimum Gasteiger partial charge on any atom is -0.326 e. The molecular weight excluding hydrogens is 324 g/mol. The fourth-order valence-electron chi connectivity index (χ4n) is 2.93. The van der Waals surface area contributed by atoms with Gasteiger partial charge in [0.15, 0.2) is 0 Å². The van der Waals surface area contributed by atoms with Crippen LogP contribution in [0.5, 0.6) is 0 Å². The van der Waals surface area contributed by atoms with Crippen molar-refractivity contribution < 1.29 is 0 Å². The van der Waals surface area contributed by atoms with Gasteiger partial charge in [-0.3, -0.25) is 4.90 Å². The molecule has 1 aromatic carbocycles. The molecule has 2 nitrogen and oxygen atoms in total. The zero-order valence-electron chi connectivity index (χ0n) is 11.6. The van der Waals surface area contributed by atoms with E-state index in [1.807, 2.05) is 6.07 Å². The van der Waals surface area contributed by atoms with Crippen molar-refractivity contribution >= 4 is 27.5 Å². The zero-order chi connectivity index (χ0) is 14.0. The van der Waals surface area contributed by atoms with Crippen LogP contribution in [0.1, 0.15) is 38.3 Å². The molecule has 2 atom stereocenters. The highest BCUT2D eigenvalue weighted by Gasteiger charge is 2.30. The molecule has 1 aliphatic rings. The third-order valence-electron chi connectivity index (χ3n) is 3.67. The third-order valence-corrected chi connectivity index (χ3v) is 4.88. The van der Waals surface area contributed by atoms with E-state index in [2.05, 4.69) is 46.8 Å². The molecule has 106 valence electrons. The largest absolute Gasteiger partial charge is 0.326 e. The fourth-order valence-corrected chi connectivity index (χ4v) is 3.44. The van der Waals surface area contributed by atoms with Gasteiger partial charge < -0.3 is 5.73 Å². The highest BCUT2D eigenvalue weighted by Crippen LogP contribution is 2.34. The summed E-state index contributed by atoms with van der Waals surface area (Å²) in [5.74, 6) is 0.656. The van der Waals surface area contributed by atoms with Gasteiger partial charge in [-0.05, 0) is 58.9 Å². The van der Waals surface area contributed by atoms with Gasteiger partial charge in [0, 0.05) is 23.1 Å². The van der Waals surface area contributed by atoms with E-state index in [0.29, 0.717) is 12.0 Å². The molecule has 4 heteroatoms. The van der Waals surface area contributed by atoms with Crippen LogP contribution in [0.3, 0.4) is 0 Å². The number of rotatable bonds is 3. The van der Waals surface area contributed by atoms with Gasteiger partial charge in [0.2, 0.25) is 0 Å². The molecular formula is C15H22BrClN2. The summed E-state index contributed by atoms with van der Waals surface area (Å²) in [7, 11) is 0. The van der Waals surface area contributed by atoms with E-state index < -0.39 is 0 Å². The first-order valence-corrected chi connectivity index (χ1v) is 8.10. The van der Waals surface area contributed by atoms with Crippen LogP contribution in [-0.2, 0) is 0 Å². The summed E-state index contributed by atoms with van der Waals surface area (Å²) >= 11 is 9.60. The molecule has 2 N–H and O–H groups in total. The summed E-state index contributed by atoms with van der Waals surface area (Å²) in [5, 5.41) is 0.753. The molecule has 0 saturated carbocycles. The van der Waals surface area contributed by atoms with Crippen LogP contribution < -0.4 is 5.73 Å². The van der Waals surface area contributed by atoms with E-state index in [1.54, 1.807) is 0 Å². The molecule has 0 radical (unpaired) electrons. The van der Waals surface area contributed by atoms with Gasteiger partial charge in [-0.2, -0.15) is 0 Å². The zero-order valence-corrected chi connectivity index (χ0v) is 13.9. The smallest absolute Gasteiger partial charge is 0.0548 e. The molecule has 1 fully saturated rings. The summed E-state index contributed by atoms with van der Waals surface area (Å²) in [4.78, 5) is 2.52. The van der Waals surface area contributed by atoms with Crippen LogP contribution in [0.25, 0.3) is 0 Å². The van der Waals surface area contributed by atoms with Gasteiger partial charge >= 0.3 is 0 Å². The summed E-state index contributed by atoms with van der Waals surface area (Å²) in [6, 6.07) is 6.70. The quantitative estimate of drug-likeness (QED) is 0.888. The first-order valence-electron chi connectivity index (χ1n) is 6.93. The summed E-state index contributed by atoms with van der Waals surface area (Å²) in [6.45, 7) is 6.75. The van der Waals surface area contributed by atoms with E-state index in [1.165, 1.54) is 12.0 Å². The maximum Gasteiger partial charge on any atom is 0.0548 e. The standard InChI is InChI=1S/C15H22BrClN2/c1-10(2)9-19-7-3-4-14(18)15(19)11-5-6-13(17)12(16)8-11/h5-6,8,10,14-15H,3-4,7,9,18H2,1-2H3. The predicted octanol–water partition coefficient (Wildman–Crippen LogP) is 4.22. The van der Waals surface area contributed by atoms with Gasteiger partial charge in [0.05, 0.1) is 5.02 Å². The second-order valence-electron chi connectivity index (χ2n) is 5.81. The SMILES string of the molecule is CC(C)CN1CCCC(N)C1c1ccc(Cl)c(Br)c1. The van der Waals surface area contributed by atoms with Crippen LogP contribution in [0.4, 0.5) is 0 Å². The lowest BCUT2D eigenvalue weighted by atomic mass is 9.90. The summed E-state index contributed by atoms with van der Waals surface area (Å²) in [5.41, 5.74) is 7.64. The third kappa shape index (κ3) is 3.72. The molecule has 1 saturated heterocycles. The molecule has 19 heavy (non-hydrogen) atoms. The van der Waals surface area contributed by atoms with Gasteiger partial charge in [0.25, 0.3) is 0 Å². The van der Waals surface area contributed by atoms with E-state index in [-0.39, 0.29) is 6.04 Å². The van der Waals surface area contributed by atoms with Crippen molar-refractivity contribution in [1.82, 2.24) is 4.90 Å². The Hall–Kier alpha value is -0.0900. The molecule has 2 unspecified atom stereocenters. The molecule has 1 heterocycles. The minimum absolute atomic E-state index is 0.209. The molecule has 1 aliphatic heterocycles. The maximum absolute atomic E-state index is 6.38. The highest BCUT2D eigenvalue weighted by molar-refractivity contribution is 9.10. The molecule has 0 spiro atoms. The van der Waals surface area contributed by atoms with E-state index in [9.17, 15) is 0 Å². The first kappa shape index (κ1) is 15.3. The van der Waals surface area contributed by atoms with Crippen molar-refractivity contribution in [3.63, 3.8) is 0 Å². The van der Waals surface area contributed by atoms with Crippen molar-refractivity contribution in [3.05, 3.63) is 33.3 Å². The Balaban J connectivity index is 2.27. The molecule has 1 aromatic rings. The van der Waals surface area contributed by atoms with Gasteiger partial charge in [-0.25, -0.2) is 0 Å². The Labute approximate surface area is 129 Å². The topological polar surface area (TPSA) is 29.3 Å². The van der Waals surface area contributed by atoms with Gasteiger partial charge in [0.1, 0.15) is 0 Å². The van der Waals surface area contributed by atoms with Crippen molar-refractivity contribution in [1.29, 1.82) is 0 Å². The molecule has 0 aliphatic carbocycles. The number of nitrogens with two attached hydrogens (primary N) is 1. The predicted molar refractivity (Wildman–Crippen MR) is 85.5 cm³/mol. The molecule has 0 bridgehead atoms. The number of likely N-dealkylation sites (tertiary alicyclic amines) is 1. The van der Waals surface area contributed by atoms with E-state index in [0.717, 1.165) is 29.0 Å². The van der Waals surface area contributed by atoms with Crippen LogP contribution in [0, 0.1) is 5.92 Å². The number of halogens is 2.